The molecule has 2 heterocycles. The summed E-state index contributed by atoms with van der Waals surface area (Å²) in [5, 5.41) is 12.7. The number of rotatable bonds is 4. The maximum Gasteiger partial charge on any atom is 0.235 e. The fourth-order valence-electron chi connectivity index (χ4n) is 3.46. The predicted molar refractivity (Wildman–Crippen MR) is 94.3 cm³/mol. The van der Waals surface area contributed by atoms with Crippen LogP contribution in [0.1, 0.15) is 30.0 Å². The van der Waals surface area contributed by atoms with Gasteiger partial charge in [0.1, 0.15) is 5.69 Å². The Morgan fingerprint density at radius 1 is 1.28 bits per heavy atom. The highest BCUT2D eigenvalue weighted by Gasteiger charge is 2.32. The topological polar surface area (TPSA) is 84.2 Å². The molecule has 128 valence electrons. The second-order valence-electron chi connectivity index (χ2n) is 6.42. The monoisotopic (exact) mass is 337 g/mol. The maximum absolute atomic E-state index is 12.2. The van der Waals surface area contributed by atoms with Crippen LogP contribution in [0.3, 0.4) is 0 Å². The Bertz CT molecular complexity index is 977. The summed E-state index contributed by atoms with van der Waals surface area (Å²) in [7, 11) is 1.94. The first kappa shape index (κ1) is 15.8. The van der Waals surface area contributed by atoms with Gasteiger partial charge in [-0.05, 0) is 48.8 Å². The van der Waals surface area contributed by atoms with Crippen LogP contribution in [-0.4, -0.2) is 30.6 Å². The van der Waals surface area contributed by atoms with Gasteiger partial charge in [-0.1, -0.05) is 29.4 Å². The lowest BCUT2D eigenvalue weighted by molar-refractivity contribution is -0.134. The van der Waals surface area contributed by atoms with Crippen molar-refractivity contribution in [3.05, 3.63) is 41.6 Å². The number of aromatic nitrogens is 1. The van der Waals surface area contributed by atoms with Crippen molar-refractivity contribution in [3.8, 4) is 0 Å². The number of carbonyl (C=O) groups excluding carboxylic acids is 2. The molecular formula is C19H19N3O3. The maximum atomic E-state index is 12.2. The van der Waals surface area contributed by atoms with E-state index >= 15 is 0 Å². The second kappa shape index (κ2) is 6.29. The Kier molecular flexibility index (Phi) is 3.97. The summed E-state index contributed by atoms with van der Waals surface area (Å²) in [4.78, 5) is 23.6. The zero-order chi connectivity index (χ0) is 17.4. The van der Waals surface area contributed by atoms with Gasteiger partial charge in [0.15, 0.2) is 5.58 Å². The molecule has 1 saturated heterocycles. The fourth-order valence-corrected chi connectivity index (χ4v) is 3.46. The van der Waals surface area contributed by atoms with Crippen LogP contribution >= 0.6 is 0 Å². The van der Waals surface area contributed by atoms with Crippen LogP contribution in [0.4, 0.5) is 0 Å². The number of nitrogens with zero attached hydrogens (tertiary/aromatic N) is 1. The molecule has 2 aromatic carbocycles. The number of piperidine rings is 1. The highest BCUT2D eigenvalue weighted by atomic mass is 16.5. The minimum Gasteiger partial charge on any atom is -0.356 e. The summed E-state index contributed by atoms with van der Waals surface area (Å²) >= 11 is 0. The third-order valence-electron chi connectivity index (χ3n) is 4.78. The van der Waals surface area contributed by atoms with Crippen molar-refractivity contribution in [3.63, 3.8) is 0 Å². The van der Waals surface area contributed by atoms with E-state index in [2.05, 4.69) is 34.0 Å². The van der Waals surface area contributed by atoms with Crippen molar-refractivity contribution in [2.24, 2.45) is 0 Å². The number of amides is 2. The molecule has 1 aromatic heterocycles. The molecule has 0 radical (unpaired) electrons. The van der Waals surface area contributed by atoms with Crippen molar-refractivity contribution in [2.75, 3.05) is 13.6 Å². The lowest BCUT2D eigenvalue weighted by Gasteiger charge is -2.19. The van der Waals surface area contributed by atoms with Crippen molar-refractivity contribution in [1.82, 2.24) is 15.8 Å². The van der Waals surface area contributed by atoms with Crippen LogP contribution in [-0.2, 0) is 16.0 Å². The summed E-state index contributed by atoms with van der Waals surface area (Å²) < 4.78 is 5.46. The molecule has 0 aliphatic carbocycles. The number of benzene rings is 2. The third kappa shape index (κ3) is 2.78. The Balaban J connectivity index is 1.82. The van der Waals surface area contributed by atoms with Crippen LogP contribution in [0.2, 0.25) is 0 Å². The van der Waals surface area contributed by atoms with Crippen molar-refractivity contribution in [2.45, 2.75) is 25.2 Å². The smallest absolute Gasteiger partial charge is 0.235 e. The normalized spacial score (nSPS) is 18.0. The molecule has 4 rings (SSSR count). The molecule has 3 aromatic rings. The van der Waals surface area contributed by atoms with Crippen molar-refractivity contribution < 1.29 is 14.1 Å². The van der Waals surface area contributed by atoms with Gasteiger partial charge in [-0.3, -0.25) is 14.9 Å². The first-order chi connectivity index (χ1) is 12.2. The SMILES string of the molecule is CNCCc1ccc2c(ccc3onc(C4CCC(=O)NC4=O)c32)c1. The lowest BCUT2D eigenvalue weighted by atomic mass is 9.91. The lowest BCUT2D eigenvalue weighted by Crippen LogP contribution is -2.39. The molecular weight excluding hydrogens is 318 g/mol. The number of hydrogen-bond acceptors (Lipinski definition) is 5. The highest BCUT2D eigenvalue weighted by molar-refractivity contribution is 6.10. The molecule has 0 spiro atoms. The van der Waals surface area contributed by atoms with E-state index in [1.165, 1.54) is 5.56 Å². The molecule has 2 N–H and O–H groups in total. The number of imide groups is 1. The van der Waals surface area contributed by atoms with Gasteiger partial charge in [-0.2, -0.15) is 0 Å². The fraction of sp³-hybridized carbons (Fsp3) is 0.316. The average molecular weight is 337 g/mol. The van der Waals surface area contributed by atoms with E-state index in [1.54, 1.807) is 0 Å². The Morgan fingerprint density at radius 3 is 2.96 bits per heavy atom. The molecule has 1 atom stereocenters. The van der Waals surface area contributed by atoms with Crippen LogP contribution in [0.5, 0.6) is 0 Å². The quantitative estimate of drug-likeness (QED) is 0.714. The first-order valence-corrected chi connectivity index (χ1v) is 8.46. The zero-order valence-corrected chi connectivity index (χ0v) is 14.0. The molecule has 1 aliphatic rings. The molecule has 25 heavy (non-hydrogen) atoms. The summed E-state index contributed by atoms with van der Waals surface area (Å²) in [6.45, 7) is 0.919. The van der Waals surface area contributed by atoms with E-state index in [9.17, 15) is 9.59 Å². The molecule has 2 amide bonds. The predicted octanol–water partition coefficient (Wildman–Crippen LogP) is 2.26. The van der Waals surface area contributed by atoms with Crippen molar-refractivity contribution >= 4 is 33.6 Å². The van der Waals surface area contributed by atoms with Gasteiger partial charge in [0.05, 0.1) is 11.3 Å². The summed E-state index contributed by atoms with van der Waals surface area (Å²) in [6, 6.07) is 10.2. The standard InChI is InChI=1S/C19H19N3O3/c1-20-9-8-11-2-4-13-12(10-11)3-6-15-17(13)18(22-25-15)14-5-7-16(23)21-19(14)24/h2-4,6,10,14,20H,5,7-9H2,1H3,(H,21,23,24). The molecule has 1 fully saturated rings. The van der Waals surface area contributed by atoms with Gasteiger partial charge in [-0.25, -0.2) is 0 Å². The molecule has 1 aliphatic heterocycles. The number of hydrogen-bond donors (Lipinski definition) is 2. The van der Waals surface area contributed by atoms with E-state index in [4.69, 9.17) is 4.52 Å². The van der Waals surface area contributed by atoms with E-state index in [1.807, 2.05) is 19.2 Å². The Morgan fingerprint density at radius 2 is 2.16 bits per heavy atom. The summed E-state index contributed by atoms with van der Waals surface area (Å²) in [6.07, 6.45) is 1.74. The van der Waals surface area contributed by atoms with Gasteiger partial charge in [0.2, 0.25) is 11.8 Å². The number of carbonyl (C=O) groups is 2. The van der Waals surface area contributed by atoms with E-state index in [0.29, 0.717) is 24.1 Å². The molecule has 6 heteroatoms. The van der Waals surface area contributed by atoms with Gasteiger partial charge in [-0.15, -0.1) is 0 Å². The molecule has 0 bridgehead atoms. The molecule has 0 saturated carbocycles. The Labute approximate surface area is 144 Å². The van der Waals surface area contributed by atoms with Gasteiger partial charge in [0, 0.05) is 6.42 Å². The van der Waals surface area contributed by atoms with Gasteiger partial charge in [0.25, 0.3) is 0 Å². The minimum atomic E-state index is -0.450. The van der Waals surface area contributed by atoms with Gasteiger partial charge < -0.3 is 9.84 Å². The third-order valence-corrected chi connectivity index (χ3v) is 4.78. The summed E-state index contributed by atoms with van der Waals surface area (Å²) in [5.74, 6) is -0.976. The van der Waals surface area contributed by atoms with Crippen LogP contribution in [0, 0.1) is 0 Å². The van der Waals surface area contributed by atoms with E-state index in [-0.39, 0.29) is 11.8 Å². The van der Waals surface area contributed by atoms with E-state index < -0.39 is 5.92 Å². The highest BCUT2D eigenvalue weighted by Crippen LogP contribution is 2.35. The van der Waals surface area contributed by atoms with Crippen LogP contribution in [0.15, 0.2) is 34.9 Å². The first-order valence-electron chi connectivity index (χ1n) is 8.46. The van der Waals surface area contributed by atoms with Crippen LogP contribution in [0.25, 0.3) is 21.7 Å². The molecule has 1 unspecified atom stereocenters. The van der Waals surface area contributed by atoms with Gasteiger partial charge >= 0.3 is 0 Å². The summed E-state index contributed by atoms with van der Waals surface area (Å²) in [5.41, 5.74) is 2.53. The average Bonchev–Trinajstić information content (AvgIpc) is 3.04. The number of likely N-dealkylation sites (N-methyl/N-ethyl adjacent to an activating group) is 1. The largest absolute Gasteiger partial charge is 0.356 e. The van der Waals surface area contributed by atoms with Crippen molar-refractivity contribution in [1.29, 1.82) is 0 Å². The van der Waals surface area contributed by atoms with E-state index in [0.717, 1.165) is 29.1 Å². The second-order valence-corrected chi connectivity index (χ2v) is 6.42. The minimum absolute atomic E-state index is 0.229. The van der Waals surface area contributed by atoms with Crippen LogP contribution < -0.4 is 10.6 Å². The zero-order valence-electron chi connectivity index (χ0n) is 14.0. The Hall–Kier alpha value is -2.73. The number of fused-ring (bicyclic) bond motifs is 3. The number of nitrogens with one attached hydrogen (secondary N) is 2. The molecule has 6 nitrogen and oxygen atoms in total.